The molecule has 2 heterocycles. The third-order valence-corrected chi connectivity index (χ3v) is 6.83. The topological polar surface area (TPSA) is 65.1 Å². The Balaban J connectivity index is 1.64. The number of likely N-dealkylation sites (N-methyl/N-ethyl adjacent to an activating group) is 1. The average Bonchev–Trinajstić information content (AvgIpc) is 2.85. The van der Waals surface area contributed by atoms with Gasteiger partial charge >= 0.3 is 12.0 Å². The maximum absolute atomic E-state index is 13.2. The van der Waals surface area contributed by atoms with Crippen LogP contribution in [0.4, 0.5) is 10.5 Å². The minimum Gasteiger partial charge on any atom is -0.463 e. The van der Waals surface area contributed by atoms with Crippen molar-refractivity contribution in [2.24, 2.45) is 0 Å². The summed E-state index contributed by atoms with van der Waals surface area (Å²) in [4.78, 5) is 32.8. The van der Waals surface area contributed by atoms with Gasteiger partial charge in [0.1, 0.15) is 0 Å². The maximum atomic E-state index is 13.2. The first-order valence-electron chi connectivity index (χ1n) is 12.5. The van der Waals surface area contributed by atoms with Gasteiger partial charge in [0.2, 0.25) is 0 Å². The molecule has 1 saturated heterocycles. The molecule has 0 saturated carbocycles. The van der Waals surface area contributed by atoms with Gasteiger partial charge in [0.25, 0.3) is 0 Å². The van der Waals surface area contributed by atoms with E-state index in [2.05, 4.69) is 53.2 Å². The molecule has 0 radical (unpaired) electrons. The average molecular weight is 477 g/mol. The van der Waals surface area contributed by atoms with Crippen molar-refractivity contribution < 1.29 is 14.3 Å². The van der Waals surface area contributed by atoms with Crippen molar-refractivity contribution in [1.29, 1.82) is 0 Å². The molecular weight excluding hydrogens is 440 g/mol. The van der Waals surface area contributed by atoms with Crippen molar-refractivity contribution in [3.05, 3.63) is 77.0 Å². The van der Waals surface area contributed by atoms with Gasteiger partial charge in [-0.15, -0.1) is 0 Å². The number of hydrogen-bond donors (Lipinski definition) is 1. The van der Waals surface area contributed by atoms with Crippen LogP contribution < -0.4 is 10.2 Å². The van der Waals surface area contributed by atoms with Crippen molar-refractivity contribution in [3.63, 3.8) is 0 Å². The molecule has 2 amide bonds. The quantitative estimate of drug-likeness (QED) is 0.610. The second-order valence-electron chi connectivity index (χ2n) is 9.23. The first-order chi connectivity index (χ1) is 16.9. The highest BCUT2D eigenvalue weighted by Crippen LogP contribution is 2.32. The van der Waals surface area contributed by atoms with E-state index in [9.17, 15) is 9.59 Å². The molecule has 1 fully saturated rings. The van der Waals surface area contributed by atoms with Crippen LogP contribution in [0.2, 0.25) is 0 Å². The summed E-state index contributed by atoms with van der Waals surface area (Å²) in [5.41, 5.74) is 4.61. The smallest absolute Gasteiger partial charge is 0.338 e. The van der Waals surface area contributed by atoms with Gasteiger partial charge in [-0.25, -0.2) is 9.59 Å². The van der Waals surface area contributed by atoms with Gasteiger partial charge in [-0.05, 0) is 45.4 Å². The summed E-state index contributed by atoms with van der Waals surface area (Å²) in [7, 11) is 0. The van der Waals surface area contributed by atoms with Crippen LogP contribution in [0, 0.1) is 6.92 Å². The summed E-state index contributed by atoms with van der Waals surface area (Å²) in [6.07, 6.45) is 0. The molecule has 2 aromatic carbocycles. The van der Waals surface area contributed by atoms with E-state index < -0.39 is 6.04 Å². The van der Waals surface area contributed by atoms with Crippen molar-refractivity contribution in [2.75, 3.05) is 44.2 Å². The third-order valence-electron chi connectivity index (χ3n) is 6.83. The van der Waals surface area contributed by atoms with E-state index in [0.29, 0.717) is 24.7 Å². The lowest BCUT2D eigenvalue weighted by Crippen LogP contribution is -2.55. The molecule has 2 atom stereocenters. The molecule has 0 aliphatic carbocycles. The Kier molecular flexibility index (Phi) is 7.76. The number of hydrogen-bond acceptors (Lipinski definition) is 5. The normalized spacial score (nSPS) is 21.2. The van der Waals surface area contributed by atoms with E-state index in [1.54, 1.807) is 11.8 Å². The van der Waals surface area contributed by atoms with Gasteiger partial charge in [-0.2, -0.15) is 0 Å². The lowest BCUT2D eigenvalue weighted by molar-refractivity contribution is -0.139. The van der Waals surface area contributed by atoms with E-state index in [-0.39, 0.29) is 18.6 Å². The second kappa shape index (κ2) is 11.0. The Morgan fingerprint density at radius 1 is 1.06 bits per heavy atom. The zero-order chi connectivity index (χ0) is 24.9. The summed E-state index contributed by atoms with van der Waals surface area (Å²) < 4.78 is 5.48. The van der Waals surface area contributed by atoms with Crippen molar-refractivity contribution in [2.45, 2.75) is 39.8 Å². The number of ether oxygens (including phenoxy) is 1. The summed E-state index contributed by atoms with van der Waals surface area (Å²) in [5.74, 6) is -0.374. The van der Waals surface area contributed by atoms with Crippen LogP contribution in [0.1, 0.15) is 37.9 Å². The van der Waals surface area contributed by atoms with E-state index in [0.717, 1.165) is 30.9 Å². The number of carbonyl (C=O) groups is 2. The van der Waals surface area contributed by atoms with Gasteiger partial charge in [-0.3, -0.25) is 9.80 Å². The molecule has 35 heavy (non-hydrogen) atoms. The number of esters is 1. The fourth-order valence-electron chi connectivity index (χ4n) is 5.06. The fourth-order valence-corrected chi connectivity index (χ4v) is 5.06. The Morgan fingerprint density at radius 3 is 2.40 bits per heavy atom. The van der Waals surface area contributed by atoms with Crippen molar-refractivity contribution >= 4 is 17.7 Å². The number of anilines is 1. The highest BCUT2D eigenvalue weighted by Gasteiger charge is 2.38. The van der Waals surface area contributed by atoms with E-state index in [1.807, 2.05) is 37.3 Å². The Bertz CT molecular complexity index is 1070. The molecule has 2 aromatic rings. The van der Waals surface area contributed by atoms with Crippen LogP contribution >= 0.6 is 0 Å². The van der Waals surface area contributed by atoms with Gasteiger partial charge in [0.05, 0.1) is 18.2 Å². The zero-order valence-corrected chi connectivity index (χ0v) is 21.2. The molecule has 2 aliphatic heterocycles. The number of aryl methyl sites for hydroxylation is 1. The van der Waals surface area contributed by atoms with E-state index >= 15 is 0 Å². The highest BCUT2D eigenvalue weighted by molar-refractivity contribution is 5.95. The summed E-state index contributed by atoms with van der Waals surface area (Å²) in [6.45, 7) is 11.9. The zero-order valence-electron chi connectivity index (χ0n) is 21.2. The van der Waals surface area contributed by atoms with E-state index in [4.69, 9.17) is 4.74 Å². The fraction of sp³-hybridized carbons (Fsp3) is 0.429. The van der Waals surface area contributed by atoms with Crippen LogP contribution in [-0.2, 0) is 9.53 Å². The molecule has 1 N–H and O–H groups in total. The standard InChI is InChI=1S/C28H36N4O3/c1-5-31-24(19-30-16-17-32(21(4)18-30)23-14-12-20(3)13-15-23)25(27(33)35-6-2)26(29-28(31)34)22-10-8-7-9-11-22/h7-15,21,26H,5-6,16-19H2,1-4H3,(H,29,34)/t21-,26+/m1/s1. The predicted octanol–water partition coefficient (Wildman–Crippen LogP) is 4.11. The second-order valence-corrected chi connectivity index (χ2v) is 9.23. The molecule has 2 aliphatic rings. The SMILES string of the molecule is CCOC(=O)C1=C(CN2CCN(c3ccc(C)cc3)[C@H](C)C2)N(CC)C(=O)N[C@H]1c1ccccc1. The van der Waals surface area contributed by atoms with E-state index in [1.165, 1.54) is 11.3 Å². The lowest BCUT2D eigenvalue weighted by atomic mass is 9.94. The molecule has 0 unspecified atom stereocenters. The maximum Gasteiger partial charge on any atom is 0.338 e. The summed E-state index contributed by atoms with van der Waals surface area (Å²) in [5, 5.41) is 3.03. The van der Waals surface area contributed by atoms with Gasteiger partial charge in [0.15, 0.2) is 0 Å². The van der Waals surface area contributed by atoms with Crippen LogP contribution in [0.3, 0.4) is 0 Å². The van der Waals surface area contributed by atoms with Crippen LogP contribution in [0.25, 0.3) is 0 Å². The van der Waals surface area contributed by atoms with Gasteiger partial charge in [0, 0.05) is 50.2 Å². The Morgan fingerprint density at radius 2 is 1.77 bits per heavy atom. The van der Waals surface area contributed by atoms with Crippen molar-refractivity contribution in [1.82, 2.24) is 15.1 Å². The van der Waals surface area contributed by atoms with Crippen LogP contribution in [0.5, 0.6) is 0 Å². The molecule has 186 valence electrons. The Labute approximate surface area is 208 Å². The third kappa shape index (κ3) is 5.35. The molecule has 0 spiro atoms. The molecule has 7 nitrogen and oxygen atoms in total. The number of rotatable bonds is 7. The predicted molar refractivity (Wildman–Crippen MR) is 138 cm³/mol. The minimum absolute atomic E-state index is 0.184. The number of nitrogens with zero attached hydrogens (tertiary/aromatic N) is 3. The lowest BCUT2D eigenvalue weighted by Gasteiger charge is -2.43. The summed E-state index contributed by atoms with van der Waals surface area (Å²) in [6, 6.07) is 17.9. The number of benzene rings is 2. The van der Waals surface area contributed by atoms with Gasteiger partial charge in [-0.1, -0.05) is 48.0 Å². The van der Waals surface area contributed by atoms with Gasteiger partial charge < -0.3 is 15.0 Å². The van der Waals surface area contributed by atoms with Crippen LogP contribution in [-0.4, -0.2) is 67.2 Å². The first kappa shape index (κ1) is 24.8. The number of carbonyl (C=O) groups excluding carboxylic acids is 2. The number of piperazine rings is 1. The molecule has 4 rings (SSSR count). The summed E-state index contributed by atoms with van der Waals surface area (Å²) >= 11 is 0. The molecule has 7 heteroatoms. The number of urea groups is 1. The number of amides is 2. The highest BCUT2D eigenvalue weighted by atomic mass is 16.5. The molecular formula is C28H36N4O3. The largest absolute Gasteiger partial charge is 0.463 e. The minimum atomic E-state index is -0.535. The molecule has 0 bridgehead atoms. The van der Waals surface area contributed by atoms with Crippen LogP contribution in [0.15, 0.2) is 65.9 Å². The monoisotopic (exact) mass is 476 g/mol. The molecule has 0 aromatic heterocycles. The Hall–Kier alpha value is -3.32. The first-order valence-corrected chi connectivity index (χ1v) is 12.5. The number of nitrogens with one attached hydrogen (secondary N) is 1. The van der Waals surface area contributed by atoms with Crippen molar-refractivity contribution in [3.8, 4) is 0 Å².